The topological polar surface area (TPSA) is 18.1 Å². The number of hydrogen-bond acceptors (Lipinski definition) is 1. The zero-order valence-corrected chi connectivity index (χ0v) is 15.1. The molecule has 2 aromatic heterocycles. The highest BCUT2D eigenvalue weighted by Crippen LogP contribution is 2.39. The van der Waals surface area contributed by atoms with E-state index in [-0.39, 0.29) is 0 Å². The molecule has 0 radical (unpaired) electrons. The molecule has 0 aliphatic heterocycles. The van der Waals surface area contributed by atoms with Gasteiger partial charge in [0, 0.05) is 21.5 Å². The van der Waals surface area contributed by atoms with E-state index in [1.54, 1.807) is 0 Å². The number of furan rings is 1. The van der Waals surface area contributed by atoms with Gasteiger partial charge in [-0.3, -0.25) is 0 Å². The summed E-state index contributed by atoms with van der Waals surface area (Å²) in [5.74, 6) is 0. The molecule has 0 N–H and O–H groups in total. The van der Waals surface area contributed by atoms with Crippen LogP contribution in [-0.2, 0) is 0 Å². The van der Waals surface area contributed by atoms with Gasteiger partial charge in [-0.1, -0.05) is 66.2 Å². The van der Waals surface area contributed by atoms with Crippen LogP contribution >= 0.6 is 11.6 Å². The average Bonchev–Trinajstić information content (AvgIpc) is 3.24. The summed E-state index contributed by atoms with van der Waals surface area (Å²) in [6.45, 7) is 0. The summed E-state index contributed by atoms with van der Waals surface area (Å²) in [5.41, 5.74) is 5.02. The predicted molar refractivity (Wildman–Crippen MR) is 113 cm³/mol. The van der Waals surface area contributed by atoms with Gasteiger partial charge >= 0.3 is 0 Å². The number of hydrogen-bond donors (Lipinski definition) is 0. The largest absolute Gasteiger partial charge is 0.454 e. The third-order valence-corrected chi connectivity index (χ3v) is 5.59. The standard InChI is InChI=1S/C24H14ClNO/c25-18-10-6-12-20-23(18)17-8-1-3-11-19(17)26(20)21-13-5-9-16-15-7-2-4-14-22(15)27-24(16)21/h1-14H. The van der Waals surface area contributed by atoms with Crippen LogP contribution in [0.4, 0.5) is 0 Å². The van der Waals surface area contributed by atoms with Gasteiger partial charge in [-0.05, 0) is 30.3 Å². The maximum absolute atomic E-state index is 6.58. The lowest BCUT2D eigenvalue weighted by Gasteiger charge is -2.08. The van der Waals surface area contributed by atoms with Crippen LogP contribution in [0.25, 0.3) is 49.4 Å². The van der Waals surface area contributed by atoms with Crippen molar-refractivity contribution in [3.8, 4) is 5.69 Å². The van der Waals surface area contributed by atoms with Gasteiger partial charge in [0.1, 0.15) is 5.58 Å². The summed E-state index contributed by atoms with van der Waals surface area (Å²) in [5, 5.41) is 5.23. The number of fused-ring (bicyclic) bond motifs is 6. The normalized spacial score (nSPS) is 11.9. The highest BCUT2D eigenvalue weighted by molar-refractivity contribution is 6.38. The van der Waals surface area contributed by atoms with Gasteiger partial charge in [0.15, 0.2) is 5.58 Å². The van der Waals surface area contributed by atoms with E-state index < -0.39 is 0 Å². The van der Waals surface area contributed by atoms with Crippen LogP contribution in [0.1, 0.15) is 0 Å². The lowest BCUT2D eigenvalue weighted by Crippen LogP contribution is -1.94. The summed E-state index contributed by atoms with van der Waals surface area (Å²) in [6, 6.07) is 28.9. The van der Waals surface area contributed by atoms with E-state index in [0.29, 0.717) is 0 Å². The summed E-state index contributed by atoms with van der Waals surface area (Å²) in [4.78, 5) is 0. The minimum absolute atomic E-state index is 0.763. The smallest absolute Gasteiger partial charge is 0.159 e. The van der Waals surface area contributed by atoms with Gasteiger partial charge in [0.25, 0.3) is 0 Å². The minimum Gasteiger partial charge on any atom is -0.454 e. The first-order valence-electron chi connectivity index (χ1n) is 8.91. The Bertz CT molecular complexity index is 1490. The predicted octanol–water partition coefficient (Wildman–Crippen LogP) is 7.34. The minimum atomic E-state index is 0.763. The van der Waals surface area contributed by atoms with E-state index >= 15 is 0 Å². The van der Waals surface area contributed by atoms with Gasteiger partial charge < -0.3 is 8.98 Å². The summed E-state index contributed by atoms with van der Waals surface area (Å²) in [7, 11) is 0. The van der Waals surface area contributed by atoms with Gasteiger partial charge in [0.05, 0.1) is 21.7 Å². The van der Waals surface area contributed by atoms with Crippen LogP contribution in [0.3, 0.4) is 0 Å². The molecule has 0 amide bonds. The molecule has 0 aliphatic rings. The second-order valence-corrected chi connectivity index (χ2v) is 7.15. The molecule has 6 aromatic rings. The van der Waals surface area contributed by atoms with Crippen molar-refractivity contribution in [3.05, 3.63) is 90.0 Å². The molecule has 27 heavy (non-hydrogen) atoms. The molecule has 0 fully saturated rings. The molecule has 6 rings (SSSR count). The Balaban J connectivity index is 1.85. The summed E-state index contributed by atoms with van der Waals surface area (Å²) >= 11 is 6.58. The molecule has 2 nitrogen and oxygen atoms in total. The monoisotopic (exact) mass is 367 g/mol. The third-order valence-electron chi connectivity index (χ3n) is 5.27. The van der Waals surface area contributed by atoms with Crippen molar-refractivity contribution < 1.29 is 4.42 Å². The molecule has 0 saturated heterocycles. The number of aromatic nitrogens is 1. The summed E-state index contributed by atoms with van der Waals surface area (Å²) < 4.78 is 8.53. The fraction of sp³-hybridized carbons (Fsp3) is 0. The van der Waals surface area contributed by atoms with Crippen molar-refractivity contribution in [2.24, 2.45) is 0 Å². The fourth-order valence-corrected chi connectivity index (χ4v) is 4.41. The van der Waals surface area contributed by atoms with Crippen molar-refractivity contribution in [2.75, 3.05) is 0 Å². The van der Waals surface area contributed by atoms with Gasteiger partial charge in [-0.2, -0.15) is 0 Å². The lowest BCUT2D eigenvalue weighted by molar-refractivity contribution is 0.666. The number of para-hydroxylation sites is 3. The van der Waals surface area contributed by atoms with Crippen molar-refractivity contribution in [1.82, 2.24) is 4.57 Å². The second-order valence-electron chi connectivity index (χ2n) is 6.74. The highest BCUT2D eigenvalue weighted by atomic mass is 35.5. The lowest BCUT2D eigenvalue weighted by atomic mass is 10.1. The average molecular weight is 368 g/mol. The van der Waals surface area contributed by atoms with Gasteiger partial charge in [-0.15, -0.1) is 0 Å². The molecule has 3 heteroatoms. The Labute approximate surface area is 160 Å². The maximum Gasteiger partial charge on any atom is 0.159 e. The second kappa shape index (κ2) is 5.38. The van der Waals surface area contributed by atoms with Gasteiger partial charge in [-0.25, -0.2) is 0 Å². The number of nitrogens with zero attached hydrogens (tertiary/aromatic N) is 1. The Morgan fingerprint density at radius 1 is 0.630 bits per heavy atom. The molecule has 0 atom stereocenters. The Morgan fingerprint density at radius 2 is 1.33 bits per heavy atom. The molecule has 0 unspecified atom stereocenters. The van der Waals surface area contributed by atoms with Gasteiger partial charge in [0.2, 0.25) is 0 Å². The molecule has 0 saturated carbocycles. The van der Waals surface area contributed by atoms with E-state index in [4.69, 9.17) is 16.0 Å². The number of rotatable bonds is 1. The van der Waals surface area contributed by atoms with E-state index in [1.165, 1.54) is 0 Å². The van der Waals surface area contributed by atoms with Crippen molar-refractivity contribution >= 4 is 55.3 Å². The van der Waals surface area contributed by atoms with Crippen LogP contribution in [0.15, 0.2) is 89.3 Å². The molecule has 0 aliphatic carbocycles. The first kappa shape index (κ1) is 14.9. The maximum atomic E-state index is 6.58. The Kier molecular flexibility index (Phi) is 2.97. The SMILES string of the molecule is Clc1cccc2c1c1ccccc1n2-c1cccc2c1oc1ccccc12. The van der Waals surface area contributed by atoms with Crippen LogP contribution in [0, 0.1) is 0 Å². The van der Waals surface area contributed by atoms with Crippen LogP contribution in [-0.4, -0.2) is 4.57 Å². The molecular weight excluding hydrogens is 354 g/mol. The molecular formula is C24H14ClNO. The first-order valence-corrected chi connectivity index (χ1v) is 9.29. The quantitative estimate of drug-likeness (QED) is 0.297. The first-order chi connectivity index (χ1) is 13.3. The van der Waals surface area contributed by atoms with Crippen LogP contribution in [0.5, 0.6) is 0 Å². The van der Waals surface area contributed by atoms with Crippen molar-refractivity contribution in [2.45, 2.75) is 0 Å². The molecule has 128 valence electrons. The zero-order chi connectivity index (χ0) is 18.0. The van der Waals surface area contributed by atoms with E-state index in [0.717, 1.165) is 54.5 Å². The van der Waals surface area contributed by atoms with E-state index in [9.17, 15) is 0 Å². The molecule has 4 aromatic carbocycles. The Hall–Kier alpha value is -3.23. The van der Waals surface area contributed by atoms with Crippen molar-refractivity contribution in [3.63, 3.8) is 0 Å². The number of benzene rings is 4. The third kappa shape index (κ3) is 1.96. The van der Waals surface area contributed by atoms with Crippen LogP contribution in [0.2, 0.25) is 5.02 Å². The fourth-order valence-electron chi connectivity index (χ4n) is 4.14. The molecule has 2 heterocycles. The van der Waals surface area contributed by atoms with Crippen LogP contribution < -0.4 is 0 Å². The van der Waals surface area contributed by atoms with Crippen molar-refractivity contribution in [1.29, 1.82) is 0 Å². The Morgan fingerprint density at radius 3 is 2.26 bits per heavy atom. The highest BCUT2D eigenvalue weighted by Gasteiger charge is 2.18. The zero-order valence-electron chi connectivity index (χ0n) is 14.3. The number of halogens is 1. The molecule has 0 bridgehead atoms. The van der Waals surface area contributed by atoms with E-state index in [1.807, 2.05) is 30.3 Å². The molecule has 0 spiro atoms. The summed E-state index contributed by atoms with van der Waals surface area (Å²) in [6.07, 6.45) is 0. The van der Waals surface area contributed by atoms with E-state index in [2.05, 4.69) is 59.2 Å².